The molecule has 1 fully saturated rings. The average Bonchev–Trinajstić information content (AvgIpc) is 3.00. The summed E-state index contributed by atoms with van der Waals surface area (Å²) in [6, 6.07) is 4.12. The van der Waals surface area contributed by atoms with Gasteiger partial charge in [0.1, 0.15) is 11.9 Å². The summed E-state index contributed by atoms with van der Waals surface area (Å²) >= 11 is 2.86. The Balaban J connectivity index is 1.66. The minimum Gasteiger partial charge on any atom is -0.442 e. The van der Waals surface area contributed by atoms with Gasteiger partial charge in [-0.15, -0.1) is 0 Å². The van der Waals surface area contributed by atoms with Crippen molar-refractivity contribution in [3.63, 3.8) is 0 Å². The van der Waals surface area contributed by atoms with E-state index in [9.17, 15) is 27.6 Å². The number of thiol groups is 1. The van der Waals surface area contributed by atoms with Crippen molar-refractivity contribution in [2.24, 2.45) is 0 Å². The summed E-state index contributed by atoms with van der Waals surface area (Å²) in [7, 11) is 0. The number of ether oxygens (including phenoxy) is 1. The van der Waals surface area contributed by atoms with Crippen LogP contribution >= 0.6 is 12.6 Å². The molecule has 150 valence electrons. The number of benzene rings is 1. The Morgan fingerprint density at radius 1 is 1.36 bits per heavy atom. The molecule has 0 aromatic heterocycles. The number of alkyl halides is 2. The molecule has 11 heteroatoms. The maximum Gasteiger partial charge on any atom is 0.414 e. The Kier molecular flexibility index (Phi) is 5.54. The number of nitrogens with zero attached hydrogens (tertiary/aromatic N) is 2. The summed E-state index contributed by atoms with van der Waals surface area (Å²) < 4.78 is 45.0. The van der Waals surface area contributed by atoms with E-state index in [-0.39, 0.29) is 36.7 Å². The molecule has 1 unspecified atom stereocenters. The Bertz CT molecular complexity index is 843. The number of ketones is 1. The van der Waals surface area contributed by atoms with Crippen molar-refractivity contribution in [1.29, 1.82) is 0 Å². The summed E-state index contributed by atoms with van der Waals surface area (Å²) in [4.78, 5) is 37.1. The second-order valence-electron chi connectivity index (χ2n) is 6.23. The van der Waals surface area contributed by atoms with E-state index in [0.717, 1.165) is 11.0 Å². The molecule has 0 bridgehead atoms. The lowest BCUT2D eigenvalue weighted by atomic mass is 10.1. The number of amides is 2. The fraction of sp³-hybridized carbons (Fsp3) is 0.353. The monoisotopic (exact) mass is 415 g/mol. The standard InChI is InChI=1S/C17H16F3N3O4S/c18-13-7-10(1-2-14(13)22-5-3-11(24)4-6-22)23-9-12(27-16(23)26)8-21-15(25)17(19,20)28/h1-3,5,7,12,28H,4,6,8-9H2,(H,21,25). The van der Waals surface area contributed by atoms with E-state index in [2.05, 4.69) is 12.6 Å². The van der Waals surface area contributed by atoms with E-state index in [1.54, 1.807) is 4.90 Å². The Labute approximate surface area is 163 Å². The number of nitrogens with one attached hydrogen (secondary N) is 1. The lowest BCUT2D eigenvalue weighted by Gasteiger charge is -2.24. The molecular weight excluding hydrogens is 399 g/mol. The number of carbonyl (C=O) groups excluding carboxylic acids is 3. The third kappa shape index (κ3) is 4.41. The van der Waals surface area contributed by atoms with Crippen molar-refractivity contribution >= 4 is 41.8 Å². The topological polar surface area (TPSA) is 79.0 Å². The van der Waals surface area contributed by atoms with Gasteiger partial charge in [-0.25, -0.2) is 9.18 Å². The second kappa shape index (κ2) is 7.74. The van der Waals surface area contributed by atoms with Crippen LogP contribution in [0.5, 0.6) is 0 Å². The lowest BCUT2D eigenvalue weighted by molar-refractivity contribution is -0.135. The van der Waals surface area contributed by atoms with Gasteiger partial charge in [0.2, 0.25) is 0 Å². The number of hydrogen-bond acceptors (Lipinski definition) is 6. The van der Waals surface area contributed by atoms with Crippen molar-refractivity contribution in [3.05, 3.63) is 36.3 Å². The van der Waals surface area contributed by atoms with Crippen molar-refractivity contribution < 1.29 is 32.3 Å². The van der Waals surface area contributed by atoms with E-state index in [1.165, 1.54) is 24.4 Å². The van der Waals surface area contributed by atoms with Gasteiger partial charge in [-0.3, -0.25) is 14.5 Å². The summed E-state index contributed by atoms with van der Waals surface area (Å²) in [6.45, 7) is -0.0343. The van der Waals surface area contributed by atoms with Crippen LogP contribution in [-0.2, 0) is 14.3 Å². The average molecular weight is 415 g/mol. The van der Waals surface area contributed by atoms with Crippen molar-refractivity contribution in [1.82, 2.24) is 5.32 Å². The first-order chi connectivity index (χ1) is 13.1. The van der Waals surface area contributed by atoms with Crippen molar-refractivity contribution in [2.75, 3.05) is 29.4 Å². The van der Waals surface area contributed by atoms with Crippen molar-refractivity contribution in [3.8, 4) is 0 Å². The van der Waals surface area contributed by atoms with E-state index < -0.39 is 29.2 Å². The molecule has 0 saturated carbocycles. The van der Waals surface area contributed by atoms with Gasteiger partial charge in [0, 0.05) is 19.2 Å². The van der Waals surface area contributed by atoms with E-state index >= 15 is 0 Å². The van der Waals surface area contributed by atoms with Crippen LogP contribution < -0.4 is 15.1 Å². The van der Waals surface area contributed by atoms with Crippen LogP contribution in [0.1, 0.15) is 6.42 Å². The summed E-state index contributed by atoms with van der Waals surface area (Å²) in [5.41, 5.74) is 0.469. The van der Waals surface area contributed by atoms with Gasteiger partial charge in [0.05, 0.1) is 24.5 Å². The fourth-order valence-corrected chi connectivity index (χ4v) is 2.89. The fourth-order valence-electron chi connectivity index (χ4n) is 2.81. The maximum absolute atomic E-state index is 14.5. The molecule has 2 heterocycles. The zero-order chi connectivity index (χ0) is 20.5. The van der Waals surface area contributed by atoms with Crippen LogP contribution in [0.15, 0.2) is 30.5 Å². The number of hydrogen-bond donors (Lipinski definition) is 2. The van der Waals surface area contributed by atoms with Gasteiger partial charge in [-0.05, 0) is 24.3 Å². The first-order valence-corrected chi connectivity index (χ1v) is 8.74. The van der Waals surface area contributed by atoms with Crippen LogP contribution in [0.2, 0.25) is 0 Å². The predicted octanol–water partition coefficient (Wildman–Crippen LogP) is 2.08. The van der Waals surface area contributed by atoms with Crippen LogP contribution in [0, 0.1) is 5.82 Å². The summed E-state index contributed by atoms with van der Waals surface area (Å²) in [5.74, 6) is -2.24. The van der Waals surface area contributed by atoms with Gasteiger partial charge in [-0.2, -0.15) is 8.78 Å². The molecule has 2 aliphatic heterocycles. The highest BCUT2D eigenvalue weighted by Gasteiger charge is 2.37. The smallest absolute Gasteiger partial charge is 0.414 e. The molecular formula is C17H16F3N3O4S. The van der Waals surface area contributed by atoms with Crippen LogP contribution in [-0.4, -0.2) is 48.8 Å². The maximum atomic E-state index is 14.5. The molecule has 2 amide bonds. The zero-order valence-corrected chi connectivity index (χ0v) is 15.3. The molecule has 2 aliphatic rings. The molecule has 0 radical (unpaired) electrons. The van der Waals surface area contributed by atoms with E-state index in [4.69, 9.17) is 4.74 Å². The predicted molar refractivity (Wildman–Crippen MR) is 97.1 cm³/mol. The minimum atomic E-state index is -3.84. The Morgan fingerprint density at radius 2 is 2.11 bits per heavy atom. The van der Waals surface area contributed by atoms with Gasteiger partial charge < -0.3 is 15.0 Å². The molecule has 1 aromatic rings. The number of allylic oxidation sites excluding steroid dienone is 1. The highest BCUT2D eigenvalue weighted by molar-refractivity contribution is 7.82. The second-order valence-corrected chi connectivity index (χ2v) is 6.79. The first kappa shape index (κ1) is 20.1. The van der Waals surface area contributed by atoms with Crippen molar-refractivity contribution in [2.45, 2.75) is 17.8 Å². The largest absolute Gasteiger partial charge is 0.442 e. The first-order valence-electron chi connectivity index (χ1n) is 8.29. The third-order valence-electron chi connectivity index (χ3n) is 4.23. The molecule has 0 aliphatic carbocycles. The summed E-state index contributed by atoms with van der Waals surface area (Å²) in [5, 5.41) is -1.90. The van der Waals surface area contributed by atoms with E-state index in [0.29, 0.717) is 6.54 Å². The molecule has 28 heavy (non-hydrogen) atoms. The Morgan fingerprint density at radius 3 is 2.71 bits per heavy atom. The Hall–Kier alpha value is -2.69. The minimum absolute atomic E-state index is 0.0399. The molecule has 1 saturated heterocycles. The number of cyclic esters (lactones) is 1. The molecule has 1 N–H and O–H groups in total. The number of carbonyl (C=O) groups is 3. The zero-order valence-electron chi connectivity index (χ0n) is 14.4. The van der Waals surface area contributed by atoms with Crippen LogP contribution in [0.3, 0.4) is 0 Å². The van der Waals surface area contributed by atoms with Gasteiger partial charge >= 0.3 is 17.3 Å². The number of anilines is 2. The van der Waals surface area contributed by atoms with E-state index in [1.807, 2.05) is 5.32 Å². The van der Waals surface area contributed by atoms with Gasteiger partial charge in [-0.1, -0.05) is 12.6 Å². The molecule has 1 aromatic carbocycles. The van der Waals surface area contributed by atoms with Gasteiger partial charge in [0.25, 0.3) is 0 Å². The number of rotatable bonds is 5. The van der Waals surface area contributed by atoms with Gasteiger partial charge in [0.15, 0.2) is 5.78 Å². The number of halogens is 3. The van der Waals surface area contributed by atoms with Crippen LogP contribution in [0.4, 0.5) is 29.3 Å². The normalized spacial score (nSPS) is 19.8. The third-order valence-corrected chi connectivity index (χ3v) is 4.43. The molecule has 0 spiro atoms. The summed E-state index contributed by atoms with van der Waals surface area (Å²) in [6.07, 6.45) is 1.47. The molecule has 7 nitrogen and oxygen atoms in total. The molecule has 3 rings (SSSR count). The SMILES string of the molecule is O=C1C=CN(c2ccc(N3CC(CNC(=O)C(F)(F)S)OC3=O)cc2F)CC1. The highest BCUT2D eigenvalue weighted by atomic mass is 32.1. The quantitative estimate of drug-likeness (QED) is 0.720. The highest BCUT2D eigenvalue weighted by Crippen LogP contribution is 2.29. The molecule has 1 atom stereocenters. The lowest BCUT2D eigenvalue weighted by Crippen LogP contribution is -2.41. The van der Waals surface area contributed by atoms with Crippen LogP contribution in [0.25, 0.3) is 0 Å².